The molecule has 3 rings (SSSR count). The van der Waals surface area contributed by atoms with Crippen LogP contribution >= 0.6 is 11.8 Å². The first-order chi connectivity index (χ1) is 13.7. The fraction of sp³-hybridized carbons (Fsp3) is 0.136. The van der Waals surface area contributed by atoms with E-state index < -0.39 is 0 Å². The summed E-state index contributed by atoms with van der Waals surface area (Å²) in [5, 5.41) is 6.08. The Kier molecular flexibility index (Phi) is 6.81. The van der Waals surface area contributed by atoms with E-state index in [1.54, 1.807) is 44.2 Å². The number of hydrogen-bond donors (Lipinski definition) is 2. The minimum atomic E-state index is -0.175. The first-order valence-corrected chi connectivity index (χ1v) is 9.59. The number of rotatable bonds is 8. The molecule has 0 radical (unpaired) electrons. The van der Waals surface area contributed by atoms with Gasteiger partial charge in [-0.3, -0.25) is 4.79 Å². The number of methoxy groups -OCH3 is 2. The molecule has 1 amide bonds. The molecular weight excluding hydrogens is 372 g/mol. The van der Waals surface area contributed by atoms with Crippen LogP contribution in [0.4, 0.5) is 11.4 Å². The van der Waals surface area contributed by atoms with Crippen molar-refractivity contribution in [3.8, 4) is 11.5 Å². The highest BCUT2D eigenvalue weighted by molar-refractivity contribution is 7.99. The van der Waals surface area contributed by atoms with E-state index in [2.05, 4.69) is 22.8 Å². The third-order valence-corrected chi connectivity index (χ3v) is 5.06. The first kappa shape index (κ1) is 19.6. The number of benzene rings is 3. The third-order valence-electron chi connectivity index (χ3n) is 3.98. The van der Waals surface area contributed by atoms with Gasteiger partial charge in [0, 0.05) is 21.5 Å². The fourth-order valence-electron chi connectivity index (χ4n) is 2.60. The van der Waals surface area contributed by atoms with Gasteiger partial charge in [0.05, 0.1) is 26.5 Å². The van der Waals surface area contributed by atoms with Gasteiger partial charge in [0.25, 0.3) is 0 Å². The zero-order valence-electron chi connectivity index (χ0n) is 15.8. The summed E-state index contributed by atoms with van der Waals surface area (Å²) in [5.74, 6) is 1.05. The Morgan fingerprint density at radius 3 is 2.39 bits per heavy atom. The summed E-state index contributed by atoms with van der Waals surface area (Å²) in [6.45, 7) is 0.132. The fourth-order valence-corrected chi connectivity index (χ4v) is 3.54. The summed E-state index contributed by atoms with van der Waals surface area (Å²) in [6, 6.07) is 23.3. The molecule has 144 valence electrons. The van der Waals surface area contributed by atoms with Crippen molar-refractivity contribution >= 4 is 29.0 Å². The van der Waals surface area contributed by atoms with Crippen LogP contribution < -0.4 is 20.1 Å². The second-order valence-electron chi connectivity index (χ2n) is 5.88. The van der Waals surface area contributed by atoms with Gasteiger partial charge in [-0.25, -0.2) is 0 Å². The van der Waals surface area contributed by atoms with Crippen molar-refractivity contribution in [1.29, 1.82) is 0 Å². The molecule has 0 aliphatic rings. The zero-order valence-corrected chi connectivity index (χ0v) is 16.6. The van der Waals surface area contributed by atoms with Gasteiger partial charge < -0.3 is 20.1 Å². The minimum absolute atomic E-state index is 0.132. The van der Waals surface area contributed by atoms with E-state index in [9.17, 15) is 4.79 Å². The second kappa shape index (κ2) is 9.71. The van der Waals surface area contributed by atoms with Crippen molar-refractivity contribution in [2.45, 2.75) is 9.79 Å². The highest BCUT2D eigenvalue weighted by Crippen LogP contribution is 2.33. The molecule has 0 fully saturated rings. The van der Waals surface area contributed by atoms with Gasteiger partial charge in [-0.2, -0.15) is 0 Å². The van der Waals surface area contributed by atoms with E-state index in [0.29, 0.717) is 17.2 Å². The summed E-state index contributed by atoms with van der Waals surface area (Å²) in [7, 11) is 3.14. The van der Waals surface area contributed by atoms with Crippen molar-refractivity contribution < 1.29 is 14.3 Å². The Morgan fingerprint density at radius 2 is 1.64 bits per heavy atom. The molecule has 0 saturated heterocycles. The Bertz CT molecular complexity index is 932. The van der Waals surface area contributed by atoms with Gasteiger partial charge >= 0.3 is 0 Å². The predicted molar refractivity (Wildman–Crippen MR) is 114 cm³/mol. The Morgan fingerprint density at radius 1 is 0.893 bits per heavy atom. The van der Waals surface area contributed by atoms with E-state index in [1.165, 1.54) is 0 Å². The number of ether oxygens (including phenoxy) is 2. The van der Waals surface area contributed by atoms with Crippen LogP contribution in [0.2, 0.25) is 0 Å². The van der Waals surface area contributed by atoms with Gasteiger partial charge in [-0.15, -0.1) is 0 Å². The lowest BCUT2D eigenvalue weighted by molar-refractivity contribution is -0.114. The van der Waals surface area contributed by atoms with Crippen molar-refractivity contribution in [3.05, 3.63) is 72.8 Å². The highest BCUT2D eigenvalue weighted by atomic mass is 32.2. The number of amides is 1. The van der Waals surface area contributed by atoms with E-state index >= 15 is 0 Å². The predicted octanol–water partition coefficient (Wildman–Crippen LogP) is 4.91. The van der Waals surface area contributed by atoms with Crippen molar-refractivity contribution in [1.82, 2.24) is 0 Å². The lowest BCUT2D eigenvalue weighted by Gasteiger charge is -2.14. The number of carbonyl (C=O) groups excluding carboxylic acids is 1. The van der Waals surface area contributed by atoms with Crippen LogP contribution in [0.1, 0.15) is 0 Å². The molecule has 0 unspecified atom stereocenters. The smallest absolute Gasteiger partial charge is 0.243 e. The number of carbonyl (C=O) groups is 1. The zero-order chi connectivity index (χ0) is 19.8. The van der Waals surface area contributed by atoms with Crippen LogP contribution in [-0.4, -0.2) is 26.7 Å². The van der Waals surface area contributed by atoms with Crippen molar-refractivity contribution in [2.75, 3.05) is 31.4 Å². The summed E-state index contributed by atoms with van der Waals surface area (Å²) in [6.07, 6.45) is 0. The average Bonchev–Trinajstić information content (AvgIpc) is 2.74. The van der Waals surface area contributed by atoms with Gasteiger partial charge in [0.1, 0.15) is 11.5 Å². The summed E-state index contributed by atoms with van der Waals surface area (Å²) >= 11 is 1.65. The molecule has 0 bridgehead atoms. The van der Waals surface area contributed by atoms with E-state index in [1.807, 2.05) is 42.5 Å². The number of para-hydroxylation sites is 1. The Labute approximate surface area is 169 Å². The van der Waals surface area contributed by atoms with Crippen LogP contribution in [0.25, 0.3) is 0 Å². The molecule has 28 heavy (non-hydrogen) atoms. The summed E-state index contributed by atoms with van der Waals surface area (Å²) in [5.41, 5.74) is 1.48. The van der Waals surface area contributed by atoms with Crippen LogP contribution in [0.15, 0.2) is 82.6 Å². The van der Waals surface area contributed by atoms with Crippen LogP contribution in [0, 0.1) is 0 Å². The molecule has 0 saturated carbocycles. The molecule has 6 heteroatoms. The maximum Gasteiger partial charge on any atom is 0.243 e. The topological polar surface area (TPSA) is 59.6 Å². The lowest BCUT2D eigenvalue weighted by atomic mass is 10.2. The largest absolute Gasteiger partial charge is 0.497 e. The van der Waals surface area contributed by atoms with Gasteiger partial charge in [0.15, 0.2) is 0 Å². The van der Waals surface area contributed by atoms with E-state index in [4.69, 9.17) is 9.47 Å². The van der Waals surface area contributed by atoms with Gasteiger partial charge in [0.2, 0.25) is 5.91 Å². The normalized spacial score (nSPS) is 10.2. The number of nitrogens with one attached hydrogen (secondary N) is 2. The SMILES string of the molecule is COc1ccc(OC)c(NC(=O)CNc2ccccc2Sc2ccccc2)c1. The third kappa shape index (κ3) is 5.20. The molecule has 0 spiro atoms. The van der Waals surface area contributed by atoms with E-state index in [0.717, 1.165) is 15.5 Å². The summed E-state index contributed by atoms with van der Waals surface area (Å²) < 4.78 is 10.5. The maximum atomic E-state index is 12.4. The lowest BCUT2D eigenvalue weighted by Crippen LogP contribution is -2.22. The highest BCUT2D eigenvalue weighted by Gasteiger charge is 2.10. The Hall–Kier alpha value is -3.12. The molecule has 0 aromatic heterocycles. The summed E-state index contributed by atoms with van der Waals surface area (Å²) in [4.78, 5) is 14.6. The minimum Gasteiger partial charge on any atom is -0.497 e. The van der Waals surface area contributed by atoms with Gasteiger partial charge in [-0.05, 0) is 36.4 Å². The molecular formula is C22H22N2O3S. The van der Waals surface area contributed by atoms with Crippen molar-refractivity contribution in [3.63, 3.8) is 0 Å². The van der Waals surface area contributed by atoms with Crippen molar-refractivity contribution in [2.24, 2.45) is 0 Å². The second-order valence-corrected chi connectivity index (χ2v) is 6.99. The quantitative estimate of drug-likeness (QED) is 0.569. The van der Waals surface area contributed by atoms with Crippen LogP contribution in [0.5, 0.6) is 11.5 Å². The number of anilines is 2. The van der Waals surface area contributed by atoms with Gasteiger partial charge in [-0.1, -0.05) is 42.1 Å². The molecule has 0 aliphatic heterocycles. The molecule has 3 aromatic rings. The molecule has 3 aromatic carbocycles. The van der Waals surface area contributed by atoms with Crippen LogP contribution in [-0.2, 0) is 4.79 Å². The molecule has 0 aliphatic carbocycles. The molecule has 2 N–H and O–H groups in total. The monoisotopic (exact) mass is 394 g/mol. The van der Waals surface area contributed by atoms with E-state index in [-0.39, 0.29) is 12.5 Å². The molecule has 0 atom stereocenters. The molecule has 5 nitrogen and oxygen atoms in total. The standard InChI is InChI=1S/C22H22N2O3S/c1-26-16-12-13-20(27-2)19(14-16)24-22(25)15-23-18-10-6-7-11-21(18)28-17-8-4-3-5-9-17/h3-14,23H,15H2,1-2H3,(H,24,25). The average molecular weight is 394 g/mol. The van der Waals surface area contributed by atoms with Crippen LogP contribution in [0.3, 0.4) is 0 Å². The molecule has 0 heterocycles. The maximum absolute atomic E-state index is 12.4. The first-order valence-electron chi connectivity index (χ1n) is 8.77. The Balaban J connectivity index is 1.65. The number of hydrogen-bond acceptors (Lipinski definition) is 5.